The largest absolute Gasteiger partial charge is 0.496 e. The second-order valence-electron chi connectivity index (χ2n) is 6.24. The molecule has 0 aliphatic rings. The van der Waals surface area contributed by atoms with Crippen molar-refractivity contribution in [3.8, 4) is 17.1 Å². The molecule has 27 heavy (non-hydrogen) atoms. The molecule has 0 bridgehead atoms. The van der Waals surface area contributed by atoms with Gasteiger partial charge in [0, 0.05) is 12.6 Å². The third-order valence-electron chi connectivity index (χ3n) is 4.48. The highest BCUT2D eigenvalue weighted by molar-refractivity contribution is 8.00. The Balaban J connectivity index is 1.79. The van der Waals surface area contributed by atoms with Gasteiger partial charge >= 0.3 is 0 Å². The van der Waals surface area contributed by atoms with Gasteiger partial charge in [0.25, 0.3) is 0 Å². The molecule has 2 aromatic carbocycles. The molecule has 0 amide bonds. The molecule has 6 heteroatoms. The van der Waals surface area contributed by atoms with Crippen LogP contribution in [0.3, 0.4) is 0 Å². The predicted octanol–water partition coefficient (Wildman–Crippen LogP) is 4.42. The fourth-order valence-electron chi connectivity index (χ4n) is 2.83. The Morgan fingerprint density at radius 3 is 2.52 bits per heavy atom. The number of methoxy groups -OCH3 is 1. The van der Waals surface area contributed by atoms with Gasteiger partial charge in [-0.05, 0) is 31.0 Å². The van der Waals surface area contributed by atoms with Crippen LogP contribution in [0.4, 0.5) is 0 Å². The van der Waals surface area contributed by atoms with Gasteiger partial charge in [0.15, 0.2) is 16.8 Å². The topological polar surface area (TPSA) is 57.0 Å². The van der Waals surface area contributed by atoms with E-state index in [9.17, 15) is 4.79 Å². The molecule has 1 aromatic heterocycles. The van der Waals surface area contributed by atoms with Crippen molar-refractivity contribution >= 4 is 17.5 Å². The van der Waals surface area contributed by atoms with E-state index in [2.05, 4.69) is 17.1 Å². The van der Waals surface area contributed by atoms with Crippen LogP contribution >= 0.6 is 11.8 Å². The minimum atomic E-state index is -0.258. The molecular formula is C21H23N3O2S. The maximum atomic E-state index is 12.7. The fourth-order valence-corrected chi connectivity index (χ4v) is 3.72. The number of carbonyl (C=O) groups is 1. The van der Waals surface area contributed by atoms with Gasteiger partial charge in [0.1, 0.15) is 5.75 Å². The number of hydrogen-bond donors (Lipinski definition) is 0. The highest BCUT2D eigenvalue weighted by atomic mass is 32.2. The van der Waals surface area contributed by atoms with Gasteiger partial charge in [-0.15, -0.1) is 10.2 Å². The summed E-state index contributed by atoms with van der Waals surface area (Å²) in [6.45, 7) is 4.00. The van der Waals surface area contributed by atoms with E-state index in [1.807, 2.05) is 67.1 Å². The molecule has 1 atom stereocenters. The smallest absolute Gasteiger partial charge is 0.191 e. The van der Waals surface area contributed by atoms with Gasteiger partial charge in [0.05, 0.1) is 17.9 Å². The van der Waals surface area contributed by atoms with Crippen molar-refractivity contribution in [2.45, 2.75) is 30.7 Å². The van der Waals surface area contributed by atoms with Crippen LogP contribution < -0.4 is 4.74 Å². The number of nitrogens with zero attached hydrogens (tertiary/aromatic N) is 3. The van der Waals surface area contributed by atoms with E-state index in [1.54, 1.807) is 7.11 Å². The Morgan fingerprint density at radius 2 is 1.85 bits per heavy atom. The SMILES string of the molecule is CCc1ccc(C(=O)C(C)Sc2nnc(-c3ccccc3OC)n2C)cc1. The number of carbonyl (C=O) groups excluding carboxylic acids is 1. The molecule has 1 unspecified atom stereocenters. The van der Waals surface area contributed by atoms with Gasteiger partial charge in [-0.1, -0.05) is 55.1 Å². The van der Waals surface area contributed by atoms with Crippen LogP contribution in [0.5, 0.6) is 5.75 Å². The molecular weight excluding hydrogens is 358 g/mol. The molecule has 1 heterocycles. The van der Waals surface area contributed by atoms with Crippen molar-refractivity contribution in [3.05, 3.63) is 59.7 Å². The molecule has 0 radical (unpaired) electrons. The third-order valence-corrected chi connectivity index (χ3v) is 5.61. The fraction of sp³-hybridized carbons (Fsp3) is 0.286. The van der Waals surface area contributed by atoms with Gasteiger partial charge in [0.2, 0.25) is 0 Å². The summed E-state index contributed by atoms with van der Waals surface area (Å²) in [6, 6.07) is 15.5. The summed E-state index contributed by atoms with van der Waals surface area (Å²) in [6.07, 6.45) is 0.962. The van der Waals surface area contributed by atoms with Gasteiger partial charge < -0.3 is 9.30 Å². The number of ether oxygens (including phenoxy) is 1. The maximum Gasteiger partial charge on any atom is 0.191 e. The second kappa shape index (κ2) is 8.39. The van der Waals surface area contributed by atoms with Crippen LogP contribution in [-0.2, 0) is 13.5 Å². The number of aromatic nitrogens is 3. The summed E-state index contributed by atoms with van der Waals surface area (Å²) in [5, 5.41) is 9.02. The van der Waals surface area contributed by atoms with Gasteiger partial charge in [-0.2, -0.15) is 0 Å². The summed E-state index contributed by atoms with van der Waals surface area (Å²) >= 11 is 1.41. The molecule has 0 aliphatic carbocycles. The number of aryl methyl sites for hydroxylation is 1. The molecule has 0 saturated heterocycles. The zero-order valence-electron chi connectivity index (χ0n) is 16.0. The molecule has 0 N–H and O–H groups in total. The van der Waals surface area contributed by atoms with Gasteiger partial charge in [-0.3, -0.25) is 4.79 Å². The van der Waals surface area contributed by atoms with E-state index >= 15 is 0 Å². The Labute approximate surface area is 163 Å². The van der Waals surface area contributed by atoms with E-state index < -0.39 is 0 Å². The number of benzene rings is 2. The summed E-state index contributed by atoms with van der Waals surface area (Å²) in [5.74, 6) is 1.54. The minimum Gasteiger partial charge on any atom is -0.496 e. The first-order valence-electron chi connectivity index (χ1n) is 8.87. The third kappa shape index (κ3) is 4.06. The molecule has 140 valence electrons. The lowest BCUT2D eigenvalue weighted by atomic mass is 10.1. The molecule has 5 nitrogen and oxygen atoms in total. The molecule has 3 aromatic rings. The number of rotatable bonds is 7. The van der Waals surface area contributed by atoms with Crippen molar-refractivity contribution in [1.29, 1.82) is 0 Å². The Morgan fingerprint density at radius 1 is 1.15 bits per heavy atom. The first-order valence-corrected chi connectivity index (χ1v) is 9.75. The molecule has 0 aliphatic heterocycles. The van der Waals surface area contributed by atoms with Crippen LogP contribution in [0, 0.1) is 0 Å². The molecule has 0 fully saturated rings. The number of hydrogen-bond acceptors (Lipinski definition) is 5. The minimum absolute atomic E-state index is 0.0875. The highest BCUT2D eigenvalue weighted by Crippen LogP contribution is 2.31. The lowest BCUT2D eigenvalue weighted by Gasteiger charge is -2.11. The van der Waals surface area contributed by atoms with Crippen LogP contribution in [-0.4, -0.2) is 32.9 Å². The Hall–Kier alpha value is -2.60. The summed E-state index contributed by atoms with van der Waals surface area (Å²) in [4.78, 5) is 12.7. The maximum absolute atomic E-state index is 12.7. The number of ketones is 1. The second-order valence-corrected chi connectivity index (χ2v) is 7.55. The van der Waals surface area contributed by atoms with Crippen LogP contribution in [0.25, 0.3) is 11.4 Å². The van der Waals surface area contributed by atoms with E-state index in [0.717, 1.165) is 23.3 Å². The van der Waals surface area contributed by atoms with Crippen molar-refractivity contribution in [2.75, 3.05) is 7.11 Å². The van der Waals surface area contributed by atoms with Crippen LogP contribution in [0.15, 0.2) is 53.7 Å². The quantitative estimate of drug-likeness (QED) is 0.448. The van der Waals surface area contributed by atoms with Crippen molar-refractivity contribution < 1.29 is 9.53 Å². The van der Waals surface area contributed by atoms with E-state index in [0.29, 0.717) is 11.0 Å². The zero-order valence-corrected chi connectivity index (χ0v) is 16.8. The Bertz CT molecular complexity index is 935. The van der Waals surface area contributed by atoms with Crippen molar-refractivity contribution in [2.24, 2.45) is 7.05 Å². The monoisotopic (exact) mass is 381 g/mol. The Kier molecular flexibility index (Phi) is 5.96. The lowest BCUT2D eigenvalue weighted by molar-refractivity contribution is 0.0994. The van der Waals surface area contributed by atoms with Crippen molar-refractivity contribution in [1.82, 2.24) is 14.8 Å². The highest BCUT2D eigenvalue weighted by Gasteiger charge is 2.21. The summed E-state index contributed by atoms with van der Waals surface area (Å²) < 4.78 is 7.31. The van der Waals surface area contributed by atoms with Crippen molar-refractivity contribution in [3.63, 3.8) is 0 Å². The first kappa shape index (κ1) is 19.2. The van der Waals surface area contributed by atoms with E-state index in [1.165, 1.54) is 17.3 Å². The van der Waals surface area contributed by atoms with Crippen LogP contribution in [0.2, 0.25) is 0 Å². The molecule has 0 spiro atoms. The normalized spacial score (nSPS) is 12.0. The first-order chi connectivity index (χ1) is 13.0. The van der Waals surface area contributed by atoms with E-state index in [4.69, 9.17) is 4.74 Å². The van der Waals surface area contributed by atoms with Gasteiger partial charge in [-0.25, -0.2) is 0 Å². The van der Waals surface area contributed by atoms with E-state index in [-0.39, 0.29) is 11.0 Å². The molecule has 3 rings (SSSR count). The van der Waals surface area contributed by atoms with Crippen LogP contribution in [0.1, 0.15) is 29.8 Å². The average molecular weight is 382 g/mol. The molecule has 0 saturated carbocycles. The standard InChI is InChI=1S/C21H23N3O2S/c1-5-15-10-12-16(13-11-15)19(25)14(2)27-21-23-22-20(24(21)3)17-8-6-7-9-18(17)26-4/h6-14H,5H2,1-4H3. The predicted molar refractivity (Wildman–Crippen MR) is 108 cm³/mol. The number of thioether (sulfide) groups is 1. The number of para-hydroxylation sites is 1. The zero-order chi connectivity index (χ0) is 19.4. The summed E-state index contributed by atoms with van der Waals surface area (Å²) in [5.41, 5.74) is 2.82. The average Bonchev–Trinajstić information content (AvgIpc) is 3.07. The number of Topliss-reactive ketones (excluding diaryl/α,β-unsaturated/α-hetero) is 1. The lowest BCUT2D eigenvalue weighted by Crippen LogP contribution is -2.14. The summed E-state index contributed by atoms with van der Waals surface area (Å²) in [7, 11) is 3.53.